The van der Waals surface area contributed by atoms with Crippen LogP contribution in [0.4, 0.5) is 13.2 Å². The van der Waals surface area contributed by atoms with E-state index in [0.717, 1.165) is 38.2 Å². The molecule has 0 heterocycles. The van der Waals surface area contributed by atoms with Crippen LogP contribution in [-0.2, 0) is 33.5 Å². The lowest BCUT2D eigenvalue weighted by Crippen LogP contribution is -2.58. The molecule has 12 heteroatoms. The number of carbonyl (C=O) groups excluding carboxylic acids is 3. The van der Waals surface area contributed by atoms with E-state index in [1.165, 1.54) is 6.42 Å². The Hall–Kier alpha value is -3.38. The molecule has 1 aromatic carbocycles. The Labute approximate surface area is 246 Å². The van der Waals surface area contributed by atoms with E-state index in [1.54, 1.807) is 0 Å². The van der Waals surface area contributed by atoms with Crippen molar-refractivity contribution in [2.24, 2.45) is 23.5 Å². The number of aromatic hydroxyl groups is 1. The van der Waals surface area contributed by atoms with Crippen molar-refractivity contribution in [2.45, 2.75) is 83.0 Å². The number of phenolic OH excluding ortho intramolecular Hbond substituents is 1. The zero-order valence-corrected chi connectivity index (χ0v) is 24.0. The fourth-order valence-corrected chi connectivity index (χ4v) is 7.67. The van der Waals surface area contributed by atoms with Crippen LogP contribution >= 0.6 is 0 Å². The van der Waals surface area contributed by atoms with Gasteiger partial charge in [-0.15, -0.1) is 0 Å². The smallest absolute Gasteiger partial charge is 0.417 e. The molecule has 3 atom stereocenters. The van der Waals surface area contributed by atoms with E-state index in [4.69, 9.17) is 5.73 Å². The number of fused-ring (bicyclic) bond motifs is 3. The highest BCUT2D eigenvalue weighted by atomic mass is 19.4. The molecule has 6 N–H and O–H groups in total. The molecule has 0 spiro atoms. The maximum absolute atomic E-state index is 14.7. The third kappa shape index (κ3) is 5.22. The molecule has 0 aromatic heterocycles. The summed E-state index contributed by atoms with van der Waals surface area (Å²) in [6.07, 6.45) is 0.552. The van der Waals surface area contributed by atoms with Crippen LogP contribution in [0.3, 0.4) is 0 Å². The number of hydrogen-bond donors (Lipinski definition) is 5. The van der Waals surface area contributed by atoms with Gasteiger partial charge in [-0.05, 0) is 61.4 Å². The molecular formula is C31H37F3N2O7. The van der Waals surface area contributed by atoms with E-state index in [1.807, 2.05) is 11.8 Å². The minimum Gasteiger partial charge on any atom is -0.508 e. The Morgan fingerprint density at radius 3 is 2.40 bits per heavy atom. The van der Waals surface area contributed by atoms with Gasteiger partial charge < -0.3 is 26.2 Å². The molecule has 9 nitrogen and oxygen atoms in total. The number of amides is 1. The lowest BCUT2D eigenvalue weighted by molar-refractivity contribution is -0.147. The summed E-state index contributed by atoms with van der Waals surface area (Å²) in [4.78, 5) is 39.9. The normalized spacial score (nSPS) is 26.5. The van der Waals surface area contributed by atoms with E-state index in [2.05, 4.69) is 0 Å². The fraction of sp³-hybridized carbons (Fsp3) is 0.581. The first-order valence-electron chi connectivity index (χ1n) is 14.8. The van der Waals surface area contributed by atoms with Crippen LogP contribution in [0.1, 0.15) is 80.5 Å². The van der Waals surface area contributed by atoms with Crippen molar-refractivity contribution in [3.8, 4) is 5.75 Å². The maximum atomic E-state index is 14.7. The Morgan fingerprint density at radius 1 is 1.12 bits per heavy atom. The molecule has 234 valence electrons. The number of halogens is 3. The maximum Gasteiger partial charge on any atom is 0.417 e. The number of alkyl halides is 3. The van der Waals surface area contributed by atoms with E-state index in [0.29, 0.717) is 19.0 Å². The fourth-order valence-electron chi connectivity index (χ4n) is 7.67. The first-order chi connectivity index (χ1) is 20.2. The molecule has 0 radical (unpaired) electrons. The van der Waals surface area contributed by atoms with Crippen molar-refractivity contribution in [3.63, 3.8) is 0 Å². The number of aliphatic hydroxyl groups excluding tert-OH is 2. The zero-order valence-electron chi connectivity index (χ0n) is 24.0. The third-order valence-electron chi connectivity index (χ3n) is 9.85. The Balaban J connectivity index is 1.56. The molecule has 1 unspecified atom stereocenters. The summed E-state index contributed by atoms with van der Waals surface area (Å²) in [6, 6.07) is 0.967. The summed E-state index contributed by atoms with van der Waals surface area (Å²) in [7, 11) is 0. The van der Waals surface area contributed by atoms with Gasteiger partial charge in [-0.3, -0.25) is 19.3 Å². The van der Waals surface area contributed by atoms with Crippen LogP contribution in [0, 0.1) is 17.8 Å². The molecule has 4 aliphatic carbocycles. The van der Waals surface area contributed by atoms with E-state index >= 15 is 0 Å². The van der Waals surface area contributed by atoms with Crippen molar-refractivity contribution in [1.82, 2.24) is 4.90 Å². The highest BCUT2D eigenvalue weighted by molar-refractivity contribution is 6.22. The number of nitrogens with two attached hydrogens (primary N) is 1. The predicted molar refractivity (Wildman–Crippen MR) is 149 cm³/mol. The SMILES string of the molecule is CCN(CCC1CCCCC1)Cc1cc(O)c2c(c1C(F)(F)F)CC1C[C@H]3CC(=O)C(C(N)=O)=C(O)[C@@]3(O)C(=O)C1=C2O. The molecule has 4 aliphatic rings. The van der Waals surface area contributed by atoms with Gasteiger partial charge in [0.05, 0.1) is 11.1 Å². The van der Waals surface area contributed by atoms with Crippen molar-refractivity contribution in [1.29, 1.82) is 0 Å². The molecule has 5 rings (SSSR count). The van der Waals surface area contributed by atoms with Crippen molar-refractivity contribution in [2.75, 3.05) is 13.1 Å². The second kappa shape index (κ2) is 11.3. The largest absolute Gasteiger partial charge is 0.508 e. The molecular weight excluding hydrogens is 569 g/mol. The number of rotatable bonds is 7. The Kier molecular flexibility index (Phi) is 8.14. The number of benzene rings is 1. The summed E-state index contributed by atoms with van der Waals surface area (Å²) in [5.74, 6) is -8.11. The molecule has 0 bridgehead atoms. The highest BCUT2D eigenvalue weighted by Crippen LogP contribution is 2.54. The van der Waals surface area contributed by atoms with Gasteiger partial charge in [0.15, 0.2) is 11.4 Å². The average molecular weight is 607 g/mol. The van der Waals surface area contributed by atoms with Gasteiger partial charge in [0.25, 0.3) is 5.91 Å². The predicted octanol–water partition coefficient (Wildman–Crippen LogP) is 4.24. The van der Waals surface area contributed by atoms with E-state index in [9.17, 15) is 48.0 Å². The molecule has 0 aliphatic heterocycles. The van der Waals surface area contributed by atoms with Crippen molar-refractivity contribution >= 4 is 23.2 Å². The summed E-state index contributed by atoms with van der Waals surface area (Å²) in [5, 5.41) is 44.2. The van der Waals surface area contributed by atoms with Crippen LogP contribution in [-0.4, -0.2) is 61.5 Å². The number of aliphatic hydroxyl groups is 3. The van der Waals surface area contributed by atoms with Gasteiger partial charge in [-0.2, -0.15) is 13.2 Å². The summed E-state index contributed by atoms with van der Waals surface area (Å²) >= 11 is 0. The number of phenols is 1. The molecule has 43 heavy (non-hydrogen) atoms. The quantitative estimate of drug-likeness (QED) is 0.288. The van der Waals surface area contributed by atoms with Crippen LogP contribution in [0.5, 0.6) is 5.75 Å². The van der Waals surface area contributed by atoms with E-state index in [-0.39, 0.29) is 24.1 Å². The van der Waals surface area contributed by atoms with Gasteiger partial charge in [0.2, 0.25) is 5.78 Å². The Bertz CT molecular complexity index is 1430. The molecule has 0 saturated heterocycles. The second-order valence-corrected chi connectivity index (χ2v) is 12.3. The van der Waals surface area contributed by atoms with Crippen LogP contribution < -0.4 is 5.73 Å². The molecule has 1 aromatic rings. The third-order valence-corrected chi connectivity index (χ3v) is 9.85. The van der Waals surface area contributed by atoms with E-state index < -0.39 is 93.5 Å². The lowest BCUT2D eigenvalue weighted by Gasteiger charge is -2.46. The second-order valence-electron chi connectivity index (χ2n) is 12.3. The monoisotopic (exact) mass is 606 g/mol. The number of primary amides is 1. The first-order valence-corrected chi connectivity index (χ1v) is 14.8. The zero-order chi connectivity index (χ0) is 31.4. The minimum atomic E-state index is -4.86. The lowest BCUT2D eigenvalue weighted by atomic mass is 9.59. The average Bonchev–Trinajstić information content (AvgIpc) is 2.92. The molecule has 1 amide bonds. The van der Waals surface area contributed by atoms with Crippen molar-refractivity contribution < 1.29 is 48.0 Å². The number of hydrogen-bond acceptors (Lipinski definition) is 8. The molecule has 2 fully saturated rings. The van der Waals surface area contributed by atoms with Gasteiger partial charge in [-0.1, -0.05) is 39.0 Å². The van der Waals surface area contributed by atoms with Crippen LogP contribution in [0.2, 0.25) is 0 Å². The van der Waals surface area contributed by atoms with Gasteiger partial charge in [0, 0.05) is 24.5 Å². The van der Waals surface area contributed by atoms with Crippen molar-refractivity contribution in [3.05, 3.63) is 45.2 Å². The highest BCUT2D eigenvalue weighted by Gasteiger charge is 2.60. The number of carbonyl (C=O) groups is 3. The number of Topliss-reactive ketones (excluding diaryl/α,β-unsaturated/α-hetero) is 2. The summed E-state index contributed by atoms with van der Waals surface area (Å²) in [6.45, 7) is 2.88. The summed E-state index contributed by atoms with van der Waals surface area (Å²) < 4.78 is 44.2. The number of nitrogens with zero attached hydrogens (tertiary/aromatic N) is 1. The topological polar surface area (TPSA) is 161 Å². The summed E-state index contributed by atoms with van der Waals surface area (Å²) in [5.41, 5.74) is -1.07. The minimum absolute atomic E-state index is 0.0781. The van der Waals surface area contributed by atoms with Gasteiger partial charge >= 0.3 is 6.18 Å². The molecule has 2 saturated carbocycles. The van der Waals surface area contributed by atoms with Crippen LogP contribution in [0.25, 0.3) is 5.76 Å². The van der Waals surface area contributed by atoms with Gasteiger partial charge in [-0.25, -0.2) is 0 Å². The van der Waals surface area contributed by atoms with Crippen LogP contribution in [0.15, 0.2) is 23.0 Å². The standard InChI is InChI=1S/C31H37F3N2O7/c1-2-36(9-8-15-6-4-3-5-7-15)14-17-12-20(37)23-19(25(17)31(32,33)34)11-16-10-18-13-21(38)24(29(35)42)28(41)30(18,43)27(40)22(16)26(23)39/h12,15-16,18,37,39,41,43H,2-11,13-14H2,1H3,(H2,35,42)/t16?,18-,30-/m0/s1. The number of ketones is 2. The first kappa shape index (κ1) is 31.1. The van der Waals surface area contributed by atoms with Gasteiger partial charge in [0.1, 0.15) is 22.8 Å². The Morgan fingerprint density at radius 2 is 1.79 bits per heavy atom.